The molecular weight excluding hydrogens is 565 g/mol. The molecule has 0 spiro atoms. The molecule has 39 heavy (non-hydrogen) atoms. The van der Waals surface area contributed by atoms with E-state index in [0.29, 0.717) is 42.4 Å². The van der Waals surface area contributed by atoms with Crippen LogP contribution in [0.3, 0.4) is 0 Å². The highest BCUT2D eigenvalue weighted by atomic mass is 35.5. The van der Waals surface area contributed by atoms with E-state index in [0.717, 1.165) is 0 Å². The number of sulfone groups is 1. The van der Waals surface area contributed by atoms with Crippen LogP contribution in [0.4, 0.5) is 0 Å². The maximum Gasteiger partial charge on any atom is 0.244 e. The van der Waals surface area contributed by atoms with Crippen molar-refractivity contribution in [1.82, 2.24) is 20.1 Å². The van der Waals surface area contributed by atoms with Gasteiger partial charge in [0.1, 0.15) is 22.7 Å². The van der Waals surface area contributed by atoms with Gasteiger partial charge in [0.15, 0.2) is 9.84 Å². The molecule has 3 heterocycles. The van der Waals surface area contributed by atoms with Crippen molar-refractivity contribution in [2.24, 2.45) is 0 Å². The molecule has 2 aromatic rings. The first-order valence-corrected chi connectivity index (χ1v) is 14.7. The Morgan fingerprint density at radius 2 is 1.92 bits per heavy atom. The van der Waals surface area contributed by atoms with Gasteiger partial charge in [0, 0.05) is 31.9 Å². The highest BCUT2D eigenvalue weighted by molar-refractivity contribution is 7.92. The lowest BCUT2D eigenvalue weighted by Crippen LogP contribution is -2.67. The molecule has 1 unspecified atom stereocenters. The highest BCUT2D eigenvalue weighted by Crippen LogP contribution is 2.41. The number of aromatic nitrogens is 1. The van der Waals surface area contributed by atoms with Crippen molar-refractivity contribution < 1.29 is 22.7 Å². The van der Waals surface area contributed by atoms with Crippen LogP contribution in [0.5, 0.6) is 5.75 Å². The average Bonchev–Trinajstić information content (AvgIpc) is 3.51. The number of likely N-dealkylation sites (N-methyl/N-ethyl adjacent to an activating group) is 1. The van der Waals surface area contributed by atoms with Crippen LogP contribution in [0, 0.1) is 11.3 Å². The molecule has 206 valence electrons. The number of benzene rings is 1. The van der Waals surface area contributed by atoms with Gasteiger partial charge in [-0.25, -0.2) is 8.42 Å². The van der Waals surface area contributed by atoms with Gasteiger partial charge >= 0.3 is 0 Å². The fraction of sp³-hybridized carbons (Fsp3) is 0.462. The number of nitriles is 1. The summed E-state index contributed by atoms with van der Waals surface area (Å²) < 4.78 is 32.6. The van der Waals surface area contributed by atoms with Crippen LogP contribution >= 0.6 is 23.2 Å². The van der Waals surface area contributed by atoms with E-state index >= 15 is 0 Å². The third kappa shape index (κ3) is 4.84. The lowest BCUT2D eigenvalue weighted by molar-refractivity contribution is -0.148. The summed E-state index contributed by atoms with van der Waals surface area (Å²) in [6.07, 6.45) is 2.33. The van der Waals surface area contributed by atoms with E-state index in [1.807, 2.05) is 11.9 Å². The Labute approximate surface area is 236 Å². The first kappa shape index (κ1) is 27.6. The fourth-order valence-electron chi connectivity index (χ4n) is 5.44. The van der Waals surface area contributed by atoms with Gasteiger partial charge in [0.05, 0.1) is 39.1 Å². The number of methoxy groups -OCH3 is 1. The Hall–Kier alpha value is -2.91. The third-order valence-electron chi connectivity index (χ3n) is 7.74. The summed E-state index contributed by atoms with van der Waals surface area (Å²) in [6, 6.07) is 8.62. The number of ether oxygens (including phenoxy) is 1. The van der Waals surface area contributed by atoms with E-state index in [1.54, 1.807) is 12.1 Å². The molecule has 5 rings (SSSR count). The normalized spacial score (nSPS) is 23.4. The second kappa shape index (κ2) is 9.93. The summed E-state index contributed by atoms with van der Waals surface area (Å²) in [5.74, 6) is -0.541. The molecule has 3 aliphatic rings. The van der Waals surface area contributed by atoms with Crippen LogP contribution in [0.25, 0.3) is 0 Å². The summed E-state index contributed by atoms with van der Waals surface area (Å²) in [5.41, 5.74) is -1.55. The summed E-state index contributed by atoms with van der Waals surface area (Å²) in [4.78, 5) is 35.3. The van der Waals surface area contributed by atoms with E-state index in [4.69, 9.17) is 27.9 Å². The van der Waals surface area contributed by atoms with Crippen LogP contribution < -0.4 is 10.1 Å². The minimum absolute atomic E-state index is 0.0102. The van der Waals surface area contributed by atoms with Crippen molar-refractivity contribution in [2.75, 3.05) is 33.8 Å². The quantitative estimate of drug-likeness (QED) is 0.518. The average molecular weight is 593 g/mol. The number of nitrogens with one attached hydrogen (secondary N) is 1. The molecule has 3 fully saturated rings. The number of carbonyl (C=O) groups excluding carboxylic acids is 2. The number of hydrogen-bond acceptors (Lipinski definition) is 8. The Morgan fingerprint density at radius 1 is 1.21 bits per heavy atom. The first-order chi connectivity index (χ1) is 18.4. The Kier molecular flexibility index (Phi) is 7.04. The number of likely N-dealkylation sites (tertiary alicyclic amines) is 2. The lowest BCUT2D eigenvalue weighted by Gasteiger charge is -2.48. The number of carbonyl (C=O) groups is 2. The number of hydrogen-bond donors (Lipinski definition) is 1. The standard InChI is InChI=1S/C26H27Cl2N5O5S/c1-32-14-26(15-32,22-6-3-16(27)11-30-22)24(35)33-12-18(10-20(33)23(34)31-25(13-29)7-8-25)39(36,37)21-5-4-17(38-2)9-19(21)28/h3-6,9,11,18,20H,7-8,10,12,14-15H2,1-2H3,(H,31,34)/t18?,20-/m0/s1. The van der Waals surface area contributed by atoms with Crippen LogP contribution in [-0.4, -0.2) is 85.6 Å². The number of rotatable bonds is 7. The monoisotopic (exact) mass is 591 g/mol. The van der Waals surface area contributed by atoms with Crippen molar-refractivity contribution in [1.29, 1.82) is 5.26 Å². The Balaban J connectivity index is 1.51. The summed E-state index contributed by atoms with van der Waals surface area (Å²) in [7, 11) is -0.741. The molecule has 0 bridgehead atoms. The Morgan fingerprint density at radius 3 is 2.46 bits per heavy atom. The molecule has 1 aliphatic carbocycles. The number of halogens is 2. The second-order valence-corrected chi connectivity index (χ2v) is 13.5. The van der Waals surface area contributed by atoms with Gasteiger partial charge in [0.25, 0.3) is 0 Å². The van der Waals surface area contributed by atoms with Crippen LogP contribution in [0.15, 0.2) is 41.4 Å². The predicted octanol–water partition coefficient (Wildman–Crippen LogP) is 2.20. The summed E-state index contributed by atoms with van der Waals surface area (Å²) in [6.45, 7) is 0.477. The zero-order valence-corrected chi connectivity index (χ0v) is 23.7. The molecule has 1 saturated carbocycles. The summed E-state index contributed by atoms with van der Waals surface area (Å²) in [5, 5.41) is 11.6. The fourth-order valence-corrected chi connectivity index (χ4v) is 7.78. The van der Waals surface area contributed by atoms with Crippen molar-refractivity contribution in [2.45, 2.75) is 46.4 Å². The maximum atomic E-state index is 14.2. The van der Waals surface area contributed by atoms with E-state index < -0.39 is 43.9 Å². The Bertz CT molecular complexity index is 1470. The van der Waals surface area contributed by atoms with E-state index in [2.05, 4.69) is 16.4 Å². The van der Waals surface area contributed by atoms with E-state index in [9.17, 15) is 23.3 Å². The third-order valence-corrected chi connectivity index (χ3v) is 10.6. The molecule has 1 aromatic carbocycles. The van der Waals surface area contributed by atoms with Crippen molar-refractivity contribution in [3.05, 3.63) is 52.3 Å². The molecule has 10 nitrogen and oxygen atoms in total. The van der Waals surface area contributed by atoms with Gasteiger partial charge in [0.2, 0.25) is 11.8 Å². The minimum Gasteiger partial charge on any atom is -0.497 e. The van der Waals surface area contributed by atoms with Gasteiger partial charge in [-0.3, -0.25) is 14.6 Å². The van der Waals surface area contributed by atoms with Gasteiger partial charge in [-0.15, -0.1) is 0 Å². The number of amides is 2. The van der Waals surface area contributed by atoms with E-state index in [1.165, 1.54) is 36.4 Å². The zero-order chi connectivity index (χ0) is 28.2. The van der Waals surface area contributed by atoms with Crippen LogP contribution in [0.1, 0.15) is 25.0 Å². The largest absolute Gasteiger partial charge is 0.497 e. The first-order valence-electron chi connectivity index (χ1n) is 12.4. The molecule has 2 aliphatic heterocycles. The molecule has 1 N–H and O–H groups in total. The molecule has 0 radical (unpaired) electrons. The lowest BCUT2D eigenvalue weighted by atomic mass is 9.75. The van der Waals surface area contributed by atoms with Crippen molar-refractivity contribution in [3.8, 4) is 11.8 Å². The molecule has 13 heteroatoms. The summed E-state index contributed by atoms with van der Waals surface area (Å²) >= 11 is 12.3. The maximum absolute atomic E-state index is 14.2. The number of pyridine rings is 1. The SMILES string of the molecule is COc1ccc(S(=O)(=O)C2C[C@@H](C(=O)NC3(C#N)CC3)N(C(=O)C3(c4ccc(Cl)cn4)CN(C)C3)C2)c(Cl)c1. The molecule has 2 amide bonds. The zero-order valence-electron chi connectivity index (χ0n) is 21.4. The van der Waals surface area contributed by atoms with Crippen LogP contribution in [-0.2, 0) is 24.8 Å². The van der Waals surface area contributed by atoms with Crippen molar-refractivity contribution in [3.63, 3.8) is 0 Å². The molecule has 1 aromatic heterocycles. The van der Waals surface area contributed by atoms with Crippen LogP contribution in [0.2, 0.25) is 10.0 Å². The van der Waals surface area contributed by atoms with Gasteiger partial charge in [-0.05, 0) is 50.6 Å². The molecular formula is C26H27Cl2N5O5S. The van der Waals surface area contributed by atoms with Gasteiger partial charge in [-0.2, -0.15) is 5.26 Å². The minimum atomic E-state index is -4.05. The topological polar surface area (TPSA) is 133 Å². The smallest absolute Gasteiger partial charge is 0.244 e. The molecule has 2 atom stereocenters. The van der Waals surface area contributed by atoms with E-state index in [-0.39, 0.29) is 22.9 Å². The number of nitrogens with zero attached hydrogens (tertiary/aromatic N) is 4. The van der Waals surface area contributed by atoms with Gasteiger partial charge < -0.3 is 19.9 Å². The molecule has 2 saturated heterocycles. The van der Waals surface area contributed by atoms with Crippen molar-refractivity contribution >= 4 is 44.9 Å². The predicted molar refractivity (Wildman–Crippen MR) is 143 cm³/mol. The second-order valence-electron chi connectivity index (χ2n) is 10.5. The van der Waals surface area contributed by atoms with Gasteiger partial charge in [-0.1, -0.05) is 23.2 Å². The highest BCUT2D eigenvalue weighted by Gasteiger charge is 2.57.